The number of methoxy groups -OCH3 is 1. The lowest BCUT2D eigenvalue weighted by Crippen LogP contribution is -2.51. The summed E-state index contributed by atoms with van der Waals surface area (Å²) in [5, 5.41) is 2.96. The van der Waals surface area contributed by atoms with Gasteiger partial charge in [0.15, 0.2) is 6.61 Å². The number of nitrogens with one attached hydrogen (secondary N) is 1. The van der Waals surface area contributed by atoms with Gasteiger partial charge in [0.1, 0.15) is 11.6 Å². The highest BCUT2D eigenvalue weighted by atomic mass is 19.1. The number of halogens is 1. The average Bonchev–Trinajstić information content (AvgIpc) is 2.80. The number of aryl methyl sites for hydroxylation is 2. The number of ether oxygens (including phenoxy) is 2. The van der Waals surface area contributed by atoms with Crippen LogP contribution >= 0.6 is 0 Å². The van der Waals surface area contributed by atoms with Gasteiger partial charge in [-0.3, -0.25) is 14.5 Å². The van der Waals surface area contributed by atoms with Crippen molar-refractivity contribution in [1.82, 2.24) is 9.80 Å². The van der Waals surface area contributed by atoms with Crippen LogP contribution in [0.25, 0.3) is 0 Å². The van der Waals surface area contributed by atoms with Crippen molar-refractivity contribution < 1.29 is 28.2 Å². The molecule has 0 bridgehead atoms. The summed E-state index contributed by atoms with van der Waals surface area (Å²) in [5.74, 6) is -1.88. The van der Waals surface area contributed by atoms with E-state index in [4.69, 9.17) is 9.47 Å². The van der Waals surface area contributed by atoms with Gasteiger partial charge in [0.05, 0.1) is 19.2 Å². The molecule has 1 aliphatic heterocycles. The molecule has 0 saturated carbocycles. The number of hydrogen-bond donors (Lipinski definition) is 1. The van der Waals surface area contributed by atoms with Crippen LogP contribution in [0, 0.1) is 19.7 Å². The third-order valence-corrected chi connectivity index (χ3v) is 5.56. The third kappa shape index (κ3) is 6.29. The van der Waals surface area contributed by atoms with E-state index in [1.165, 1.54) is 19.2 Å². The van der Waals surface area contributed by atoms with E-state index in [-0.39, 0.29) is 29.7 Å². The van der Waals surface area contributed by atoms with Crippen LogP contribution in [-0.2, 0) is 14.3 Å². The number of para-hydroxylation sites is 1. The molecule has 0 aromatic heterocycles. The molecule has 1 aliphatic rings. The van der Waals surface area contributed by atoms with Gasteiger partial charge >= 0.3 is 5.97 Å². The number of carbonyl (C=O) groups is 3. The molecule has 0 aliphatic carbocycles. The molecule has 8 nitrogen and oxygen atoms in total. The molecule has 0 unspecified atom stereocenters. The Hall–Kier alpha value is -3.46. The normalized spacial score (nSPS) is 14.0. The summed E-state index contributed by atoms with van der Waals surface area (Å²) >= 11 is 0. The average molecular weight is 458 g/mol. The van der Waals surface area contributed by atoms with Crippen molar-refractivity contribution in [3.8, 4) is 5.75 Å². The van der Waals surface area contributed by atoms with E-state index in [0.717, 1.165) is 22.9 Å². The van der Waals surface area contributed by atoms with E-state index in [0.29, 0.717) is 26.2 Å². The Morgan fingerprint density at radius 1 is 1.03 bits per heavy atom. The number of benzene rings is 2. The number of rotatable bonds is 7. The van der Waals surface area contributed by atoms with Gasteiger partial charge < -0.3 is 19.7 Å². The largest absolute Gasteiger partial charge is 0.497 e. The van der Waals surface area contributed by atoms with Crippen molar-refractivity contribution in [3.05, 3.63) is 58.9 Å². The standard InChI is InChI=1S/C24H28FN3O5/c1-16-5-4-6-17(2)23(16)26-21(29)14-27-9-11-28(12-10-27)22(30)15-33-24(31)19-8-7-18(32-3)13-20(19)25/h4-8,13H,9-12,14-15H2,1-3H3,(H,26,29). The molecule has 2 aromatic carbocycles. The lowest BCUT2D eigenvalue weighted by atomic mass is 10.1. The van der Waals surface area contributed by atoms with Crippen molar-refractivity contribution >= 4 is 23.5 Å². The summed E-state index contributed by atoms with van der Waals surface area (Å²) in [6.07, 6.45) is 0. The number of anilines is 1. The van der Waals surface area contributed by atoms with Crippen molar-refractivity contribution in [2.45, 2.75) is 13.8 Å². The summed E-state index contributed by atoms with van der Waals surface area (Å²) in [6, 6.07) is 9.61. The maximum atomic E-state index is 14.0. The minimum atomic E-state index is -0.912. The minimum Gasteiger partial charge on any atom is -0.497 e. The Labute approximate surface area is 192 Å². The molecule has 2 amide bonds. The Bertz CT molecular complexity index is 1010. The van der Waals surface area contributed by atoms with Crippen LogP contribution < -0.4 is 10.1 Å². The van der Waals surface area contributed by atoms with Gasteiger partial charge in [-0.05, 0) is 37.1 Å². The zero-order valence-corrected chi connectivity index (χ0v) is 19.0. The fourth-order valence-corrected chi connectivity index (χ4v) is 3.63. The lowest BCUT2D eigenvalue weighted by molar-refractivity contribution is -0.136. The number of hydrogen-bond acceptors (Lipinski definition) is 6. The van der Waals surface area contributed by atoms with Crippen LogP contribution in [0.4, 0.5) is 10.1 Å². The predicted octanol–water partition coefficient (Wildman–Crippen LogP) is 2.39. The van der Waals surface area contributed by atoms with E-state index in [1.54, 1.807) is 4.90 Å². The van der Waals surface area contributed by atoms with Crippen molar-refractivity contribution in [2.24, 2.45) is 0 Å². The second-order valence-corrected chi connectivity index (χ2v) is 7.89. The fraction of sp³-hybridized carbons (Fsp3) is 0.375. The Kier molecular flexibility index (Phi) is 8.00. The zero-order valence-electron chi connectivity index (χ0n) is 19.0. The first-order valence-corrected chi connectivity index (χ1v) is 10.7. The number of esters is 1. The summed E-state index contributed by atoms with van der Waals surface area (Å²) in [6.45, 7) is 5.50. The van der Waals surface area contributed by atoms with Crippen molar-refractivity contribution in [2.75, 3.05) is 51.8 Å². The van der Waals surface area contributed by atoms with Gasteiger partial charge in [0.2, 0.25) is 5.91 Å². The summed E-state index contributed by atoms with van der Waals surface area (Å²) in [5.41, 5.74) is 2.57. The maximum absolute atomic E-state index is 14.0. The number of nitrogens with zero attached hydrogens (tertiary/aromatic N) is 2. The first-order valence-electron chi connectivity index (χ1n) is 10.7. The number of piperazine rings is 1. The molecular formula is C24H28FN3O5. The second-order valence-electron chi connectivity index (χ2n) is 7.89. The fourth-order valence-electron chi connectivity index (χ4n) is 3.63. The summed E-state index contributed by atoms with van der Waals surface area (Å²) in [4.78, 5) is 40.5. The molecule has 1 N–H and O–H groups in total. The van der Waals surface area contributed by atoms with Gasteiger partial charge in [-0.15, -0.1) is 0 Å². The Morgan fingerprint density at radius 2 is 1.70 bits per heavy atom. The smallest absolute Gasteiger partial charge is 0.341 e. The number of carbonyl (C=O) groups excluding carboxylic acids is 3. The van der Waals surface area contributed by atoms with E-state index < -0.39 is 18.4 Å². The van der Waals surface area contributed by atoms with Gasteiger partial charge in [-0.2, -0.15) is 0 Å². The molecule has 0 atom stereocenters. The van der Waals surface area contributed by atoms with Crippen LogP contribution in [0.15, 0.2) is 36.4 Å². The van der Waals surface area contributed by atoms with Gasteiger partial charge in [-0.25, -0.2) is 9.18 Å². The SMILES string of the molecule is COc1ccc(C(=O)OCC(=O)N2CCN(CC(=O)Nc3c(C)cccc3C)CC2)c(F)c1. The highest BCUT2D eigenvalue weighted by Gasteiger charge is 2.24. The van der Waals surface area contributed by atoms with Crippen LogP contribution in [0.3, 0.4) is 0 Å². The molecule has 0 spiro atoms. The van der Waals surface area contributed by atoms with E-state index >= 15 is 0 Å². The Morgan fingerprint density at radius 3 is 2.30 bits per heavy atom. The van der Waals surface area contributed by atoms with Crippen LogP contribution in [-0.4, -0.2) is 74.0 Å². The first-order chi connectivity index (χ1) is 15.8. The predicted molar refractivity (Wildman–Crippen MR) is 121 cm³/mol. The second kappa shape index (κ2) is 10.9. The van der Waals surface area contributed by atoms with Crippen molar-refractivity contribution in [3.63, 3.8) is 0 Å². The first kappa shape index (κ1) is 24.2. The van der Waals surface area contributed by atoms with Crippen molar-refractivity contribution in [1.29, 1.82) is 0 Å². The highest BCUT2D eigenvalue weighted by molar-refractivity contribution is 5.94. The van der Waals surface area contributed by atoms with Crippen LogP contribution in [0.2, 0.25) is 0 Å². The van der Waals surface area contributed by atoms with Gasteiger partial charge in [0.25, 0.3) is 5.91 Å². The minimum absolute atomic E-state index is 0.109. The molecule has 3 rings (SSSR count). The highest BCUT2D eigenvalue weighted by Crippen LogP contribution is 2.19. The molecule has 2 aromatic rings. The third-order valence-electron chi connectivity index (χ3n) is 5.56. The van der Waals surface area contributed by atoms with Gasteiger partial charge in [-0.1, -0.05) is 18.2 Å². The molecular weight excluding hydrogens is 429 g/mol. The molecule has 176 valence electrons. The number of amides is 2. The molecule has 1 heterocycles. The lowest BCUT2D eigenvalue weighted by Gasteiger charge is -2.34. The maximum Gasteiger partial charge on any atom is 0.341 e. The molecule has 33 heavy (non-hydrogen) atoms. The zero-order chi connectivity index (χ0) is 24.0. The van der Waals surface area contributed by atoms with E-state index in [9.17, 15) is 18.8 Å². The van der Waals surface area contributed by atoms with Gasteiger partial charge in [0, 0.05) is 37.9 Å². The Balaban J connectivity index is 1.43. The quantitative estimate of drug-likeness (QED) is 0.643. The molecule has 9 heteroatoms. The molecule has 1 fully saturated rings. The molecule has 0 radical (unpaired) electrons. The van der Waals surface area contributed by atoms with E-state index in [2.05, 4.69) is 5.32 Å². The van der Waals surface area contributed by atoms with E-state index in [1.807, 2.05) is 36.9 Å². The summed E-state index contributed by atoms with van der Waals surface area (Å²) < 4.78 is 23.9. The topological polar surface area (TPSA) is 88.2 Å². The van der Waals surface area contributed by atoms with Crippen LogP contribution in [0.5, 0.6) is 5.75 Å². The monoisotopic (exact) mass is 457 g/mol. The summed E-state index contributed by atoms with van der Waals surface area (Å²) in [7, 11) is 1.39. The van der Waals surface area contributed by atoms with Crippen LogP contribution in [0.1, 0.15) is 21.5 Å². The molecule has 1 saturated heterocycles.